The number of aryl methyl sites for hydroxylation is 1. The molecular weight excluding hydrogens is 505 g/mol. The molecule has 1 fully saturated rings. The maximum Gasteiger partial charge on any atom is 0.191 e. The van der Waals surface area contributed by atoms with Crippen LogP contribution >= 0.6 is 24.0 Å². The third-order valence-corrected chi connectivity index (χ3v) is 6.01. The highest BCUT2D eigenvalue weighted by Gasteiger charge is 2.25. The first kappa shape index (κ1) is 23.6. The van der Waals surface area contributed by atoms with Crippen molar-refractivity contribution in [3.05, 3.63) is 35.9 Å². The van der Waals surface area contributed by atoms with Crippen molar-refractivity contribution in [3.8, 4) is 5.75 Å². The molecule has 2 N–H and O–H groups in total. The molecule has 0 bridgehead atoms. The Balaban J connectivity index is 0.00000272. The molecule has 8 nitrogen and oxygen atoms in total. The van der Waals surface area contributed by atoms with E-state index in [1.807, 2.05) is 19.2 Å². The summed E-state index contributed by atoms with van der Waals surface area (Å²) in [4.78, 5) is 6.78. The van der Waals surface area contributed by atoms with Gasteiger partial charge in [0.2, 0.25) is 0 Å². The summed E-state index contributed by atoms with van der Waals surface area (Å²) in [5, 5.41) is 15.8. The van der Waals surface area contributed by atoms with Gasteiger partial charge in [-0.25, -0.2) is 0 Å². The molecule has 1 aromatic carbocycles. The first-order chi connectivity index (χ1) is 14.8. The molecule has 1 unspecified atom stereocenters. The van der Waals surface area contributed by atoms with E-state index in [4.69, 9.17) is 4.74 Å². The Morgan fingerprint density at radius 3 is 2.90 bits per heavy atom. The highest BCUT2D eigenvalue weighted by molar-refractivity contribution is 14.0. The number of para-hydroxylation sites is 2. The Labute approximate surface area is 201 Å². The molecule has 0 radical (unpaired) electrons. The lowest BCUT2D eigenvalue weighted by Crippen LogP contribution is -2.45. The van der Waals surface area contributed by atoms with Crippen molar-refractivity contribution >= 4 is 35.6 Å². The van der Waals surface area contributed by atoms with E-state index in [1.54, 1.807) is 7.11 Å². The van der Waals surface area contributed by atoms with Gasteiger partial charge in [-0.15, -0.1) is 34.2 Å². The maximum atomic E-state index is 5.52. The molecule has 2 aliphatic heterocycles. The second kappa shape index (κ2) is 11.5. The molecule has 1 saturated heterocycles. The van der Waals surface area contributed by atoms with E-state index < -0.39 is 0 Å². The third-order valence-electron chi connectivity index (χ3n) is 6.01. The van der Waals surface area contributed by atoms with Gasteiger partial charge in [0.15, 0.2) is 5.96 Å². The summed E-state index contributed by atoms with van der Waals surface area (Å²) in [6.07, 6.45) is 6.69. The first-order valence-electron chi connectivity index (χ1n) is 11.0. The molecule has 4 rings (SSSR count). The zero-order valence-corrected chi connectivity index (χ0v) is 20.8. The Hall–Kier alpha value is -2.04. The van der Waals surface area contributed by atoms with Crippen LogP contribution in [0.15, 0.2) is 29.3 Å². The van der Waals surface area contributed by atoms with Gasteiger partial charge in [0, 0.05) is 52.1 Å². The smallest absolute Gasteiger partial charge is 0.191 e. The highest BCUT2D eigenvalue weighted by atomic mass is 127. The lowest BCUT2D eigenvalue weighted by Gasteiger charge is -2.22. The largest absolute Gasteiger partial charge is 0.495 e. The fraction of sp³-hybridized carbons (Fsp3) is 0.591. The summed E-state index contributed by atoms with van der Waals surface area (Å²) in [6.45, 7) is 3.77. The van der Waals surface area contributed by atoms with Gasteiger partial charge in [-0.2, -0.15) is 0 Å². The number of nitrogens with zero attached hydrogens (tertiary/aromatic N) is 5. The summed E-state index contributed by atoms with van der Waals surface area (Å²) in [5.74, 6) is 4.00. The van der Waals surface area contributed by atoms with Gasteiger partial charge >= 0.3 is 0 Å². The average Bonchev–Trinajstić information content (AvgIpc) is 3.33. The van der Waals surface area contributed by atoms with Crippen molar-refractivity contribution in [2.24, 2.45) is 4.99 Å². The summed E-state index contributed by atoms with van der Waals surface area (Å²) in [7, 11) is 3.55. The van der Waals surface area contributed by atoms with Crippen LogP contribution in [-0.4, -0.2) is 60.6 Å². The number of hydrogen-bond acceptors (Lipinski definition) is 5. The number of hydrogen-bond donors (Lipinski definition) is 2. The van der Waals surface area contributed by atoms with Crippen LogP contribution in [0.2, 0.25) is 0 Å². The van der Waals surface area contributed by atoms with Crippen molar-refractivity contribution in [1.82, 2.24) is 25.4 Å². The predicted octanol–water partition coefficient (Wildman–Crippen LogP) is 2.62. The number of guanidine groups is 1. The minimum atomic E-state index is 0. The minimum absolute atomic E-state index is 0. The van der Waals surface area contributed by atoms with Crippen molar-refractivity contribution in [2.45, 2.75) is 51.1 Å². The maximum absolute atomic E-state index is 5.52. The van der Waals surface area contributed by atoms with Gasteiger partial charge in [0.25, 0.3) is 0 Å². The lowest BCUT2D eigenvalue weighted by molar-refractivity contribution is 0.415. The summed E-state index contributed by atoms with van der Waals surface area (Å²) in [5.41, 5.74) is 1.15. The Bertz CT molecular complexity index is 869. The number of ether oxygens (including phenoxy) is 1. The zero-order valence-electron chi connectivity index (χ0n) is 18.5. The van der Waals surface area contributed by atoms with Crippen LogP contribution in [0, 0.1) is 0 Å². The molecule has 2 aliphatic rings. The fourth-order valence-electron chi connectivity index (χ4n) is 4.40. The number of benzene rings is 1. The number of aliphatic imine (C=N–C) groups is 1. The zero-order chi connectivity index (χ0) is 20.8. The second-order valence-electron chi connectivity index (χ2n) is 7.99. The van der Waals surface area contributed by atoms with Gasteiger partial charge in [0.05, 0.1) is 12.8 Å². The first-order valence-corrected chi connectivity index (χ1v) is 11.0. The average molecular weight is 539 g/mol. The van der Waals surface area contributed by atoms with Gasteiger partial charge in [-0.1, -0.05) is 18.6 Å². The van der Waals surface area contributed by atoms with Crippen molar-refractivity contribution in [3.63, 3.8) is 0 Å². The van der Waals surface area contributed by atoms with E-state index in [1.165, 1.54) is 19.3 Å². The topological polar surface area (TPSA) is 79.6 Å². The number of nitrogens with one attached hydrogen (secondary N) is 2. The standard InChI is InChI=1S/C22H33N7O.HI/c1-23-22(24-13-11-21-27-26-20-10-4-3-7-14-29(20)21)25-17-12-15-28(16-17)18-8-5-6-9-19(18)30-2;/h5-6,8-9,17H,3-4,7,10-16H2,1-2H3,(H2,23,24,25);1H. The van der Waals surface area contributed by atoms with Crippen LogP contribution in [0.4, 0.5) is 5.69 Å². The predicted molar refractivity (Wildman–Crippen MR) is 135 cm³/mol. The number of halogens is 1. The highest BCUT2D eigenvalue weighted by Crippen LogP contribution is 2.30. The normalized spacial score (nSPS) is 18.7. The molecule has 31 heavy (non-hydrogen) atoms. The van der Waals surface area contributed by atoms with Crippen molar-refractivity contribution < 1.29 is 4.74 Å². The molecule has 170 valence electrons. The lowest BCUT2D eigenvalue weighted by atomic mass is 10.2. The van der Waals surface area contributed by atoms with Gasteiger partial charge in [-0.3, -0.25) is 4.99 Å². The van der Waals surface area contributed by atoms with Crippen LogP contribution in [0.3, 0.4) is 0 Å². The minimum Gasteiger partial charge on any atom is -0.495 e. The second-order valence-corrected chi connectivity index (χ2v) is 7.99. The number of anilines is 1. The molecule has 2 aromatic rings. The summed E-state index contributed by atoms with van der Waals surface area (Å²) < 4.78 is 7.83. The Kier molecular flexibility index (Phi) is 8.79. The Morgan fingerprint density at radius 2 is 2.06 bits per heavy atom. The number of fused-ring (bicyclic) bond motifs is 1. The molecular formula is C22H34IN7O. The van der Waals surface area contributed by atoms with E-state index in [2.05, 4.69) is 47.4 Å². The van der Waals surface area contributed by atoms with E-state index in [0.717, 1.165) is 74.5 Å². The molecule has 3 heterocycles. The summed E-state index contributed by atoms with van der Waals surface area (Å²) >= 11 is 0. The summed E-state index contributed by atoms with van der Waals surface area (Å²) in [6, 6.07) is 8.56. The number of rotatable bonds is 6. The molecule has 0 amide bonds. The van der Waals surface area contributed by atoms with E-state index in [-0.39, 0.29) is 24.0 Å². The van der Waals surface area contributed by atoms with E-state index >= 15 is 0 Å². The van der Waals surface area contributed by atoms with Crippen LogP contribution in [0.25, 0.3) is 0 Å². The molecule has 0 aliphatic carbocycles. The van der Waals surface area contributed by atoms with Gasteiger partial charge in [0.1, 0.15) is 17.4 Å². The SMILES string of the molecule is CN=C(NCCc1nnc2n1CCCCC2)NC1CCN(c2ccccc2OC)C1.I. The molecule has 0 spiro atoms. The molecule has 1 atom stereocenters. The van der Waals surface area contributed by atoms with Crippen LogP contribution in [-0.2, 0) is 19.4 Å². The monoisotopic (exact) mass is 539 g/mol. The van der Waals surface area contributed by atoms with Crippen LogP contribution < -0.4 is 20.3 Å². The van der Waals surface area contributed by atoms with Crippen LogP contribution in [0.1, 0.15) is 37.3 Å². The van der Waals surface area contributed by atoms with Crippen molar-refractivity contribution in [1.29, 1.82) is 0 Å². The van der Waals surface area contributed by atoms with Gasteiger partial charge in [-0.05, 0) is 31.4 Å². The van der Waals surface area contributed by atoms with Crippen molar-refractivity contribution in [2.75, 3.05) is 38.7 Å². The molecule has 1 aromatic heterocycles. The quantitative estimate of drug-likeness (QED) is 0.334. The fourth-order valence-corrected chi connectivity index (χ4v) is 4.40. The van der Waals surface area contributed by atoms with E-state index in [9.17, 15) is 0 Å². The van der Waals surface area contributed by atoms with E-state index in [0.29, 0.717) is 6.04 Å². The third kappa shape index (κ3) is 5.81. The molecule has 0 saturated carbocycles. The Morgan fingerprint density at radius 1 is 1.19 bits per heavy atom. The number of aromatic nitrogens is 3. The van der Waals surface area contributed by atoms with Crippen LogP contribution in [0.5, 0.6) is 5.75 Å². The number of methoxy groups -OCH3 is 1. The van der Waals surface area contributed by atoms with Gasteiger partial charge < -0.3 is 24.8 Å². The molecule has 9 heteroatoms.